The van der Waals surface area contributed by atoms with E-state index in [0.717, 1.165) is 53.4 Å². The summed E-state index contributed by atoms with van der Waals surface area (Å²) in [5, 5.41) is 4.46. The minimum atomic E-state index is -0.494. The molecule has 0 radical (unpaired) electrons. The van der Waals surface area contributed by atoms with Crippen molar-refractivity contribution in [1.82, 2.24) is 10.3 Å². The molecule has 0 saturated carbocycles. The van der Waals surface area contributed by atoms with Gasteiger partial charge in [0.2, 0.25) is 0 Å². The maximum Gasteiger partial charge on any atom is 0.339 e. The molecule has 0 aliphatic heterocycles. The quantitative estimate of drug-likeness (QED) is 0.570. The lowest BCUT2D eigenvalue weighted by Gasteiger charge is -2.20. The Morgan fingerprint density at radius 1 is 1.07 bits per heavy atom. The predicted molar refractivity (Wildman–Crippen MR) is 117 cm³/mol. The normalized spacial score (nSPS) is 13.0. The highest BCUT2D eigenvalue weighted by Gasteiger charge is 2.24. The van der Waals surface area contributed by atoms with Gasteiger partial charge in [0.05, 0.1) is 11.1 Å². The number of benzene rings is 2. The molecule has 0 unspecified atom stereocenters. The fraction of sp³-hybridized carbons (Fsp3) is 0.261. The van der Waals surface area contributed by atoms with Gasteiger partial charge in [-0.15, -0.1) is 0 Å². The number of nitrogens with zero attached hydrogens (tertiary/aromatic N) is 1. The summed E-state index contributed by atoms with van der Waals surface area (Å²) >= 11 is 12.0. The molecule has 2 aromatic carbocycles. The summed E-state index contributed by atoms with van der Waals surface area (Å²) < 4.78 is 5.37. The number of pyridine rings is 1. The highest BCUT2D eigenvalue weighted by Crippen LogP contribution is 2.29. The lowest BCUT2D eigenvalue weighted by molar-refractivity contribution is -0.124. The average molecular weight is 443 g/mol. The van der Waals surface area contributed by atoms with E-state index in [0.29, 0.717) is 15.6 Å². The van der Waals surface area contributed by atoms with Crippen LogP contribution < -0.4 is 5.32 Å². The van der Waals surface area contributed by atoms with Crippen LogP contribution in [0, 0.1) is 0 Å². The molecule has 0 spiro atoms. The number of esters is 1. The first-order chi connectivity index (χ1) is 14.5. The first kappa shape index (κ1) is 20.6. The van der Waals surface area contributed by atoms with Crippen LogP contribution in [-0.2, 0) is 28.9 Å². The molecule has 4 rings (SSSR count). The number of aryl methyl sites for hydroxylation is 1. The molecule has 5 nitrogen and oxygen atoms in total. The zero-order valence-electron chi connectivity index (χ0n) is 16.2. The Kier molecular flexibility index (Phi) is 6.21. The summed E-state index contributed by atoms with van der Waals surface area (Å²) in [4.78, 5) is 29.9. The molecule has 0 atom stereocenters. The van der Waals surface area contributed by atoms with E-state index < -0.39 is 11.9 Å². The Labute approximate surface area is 184 Å². The molecule has 1 amide bonds. The second kappa shape index (κ2) is 9.02. The van der Waals surface area contributed by atoms with E-state index in [1.807, 2.05) is 24.3 Å². The smallest absolute Gasteiger partial charge is 0.339 e. The van der Waals surface area contributed by atoms with Gasteiger partial charge in [-0.25, -0.2) is 4.79 Å². The average Bonchev–Trinajstić information content (AvgIpc) is 2.75. The van der Waals surface area contributed by atoms with Gasteiger partial charge in [-0.2, -0.15) is 0 Å². The predicted octanol–water partition coefficient (Wildman–Crippen LogP) is 4.89. The maximum absolute atomic E-state index is 12.9. The van der Waals surface area contributed by atoms with Crippen LogP contribution in [0.15, 0.2) is 42.5 Å². The number of ether oxygens (including phenoxy) is 1. The van der Waals surface area contributed by atoms with E-state index in [4.69, 9.17) is 32.9 Å². The van der Waals surface area contributed by atoms with Crippen LogP contribution in [0.1, 0.15) is 40.0 Å². The Balaban J connectivity index is 1.46. The van der Waals surface area contributed by atoms with Gasteiger partial charge in [0.15, 0.2) is 6.61 Å². The number of carbonyl (C=O) groups excluding carboxylic acids is 2. The van der Waals surface area contributed by atoms with Crippen LogP contribution in [0.3, 0.4) is 0 Å². The summed E-state index contributed by atoms with van der Waals surface area (Å²) in [5.41, 5.74) is 3.93. The van der Waals surface area contributed by atoms with E-state index in [-0.39, 0.29) is 13.2 Å². The molecule has 1 aromatic heterocycles. The topological polar surface area (TPSA) is 68.3 Å². The third-order valence-corrected chi connectivity index (χ3v) is 5.79. The first-order valence-electron chi connectivity index (χ1n) is 9.81. The van der Waals surface area contributed by atoms with E-state index in [1.165, 1.54) is 0 Å². The van der Waals surface area contributed by atoms with Crippen molar-refractivity contribution in [3.8, 4) is 0 Å². The van der Waals surface area contributed by atoms with Crippen LogP contribution in [0.4, 0.5) is 0 Å². The van der Waals surface area contributed by atoms with Crippen molar-refractivity contribution in [3.05, 3.63) is 74.9 Å². The minimum absolute atomic E-state index is 0.222. The Morgan fingerprint density at radius 3 is 2.70 bits per heavy atom. The SMILES string of the molecule is O=C(COC(=O)c1c2c(nc3ccccc13)CCCC2)NCc1ccc(Cl)cc1Cl. The summed E-state index contributed by atoms with van der Waals surface area (Å²) in [6.07, 6.45) is 3.71. The van der Waals surface area contributed by atoms with Gasteiger partial charge in [-0.05, 0) is 55.0 Å². The summed E-state index contributed by atoms with van der Waals surface area (Å²) in [6, 6.07) is 12.6. The third kappa shape index (κ3) is 4.42. The van der Waals surface area contributed by atoms with Crippen molar-refractivity contribution in [3.63, 3.8) is 0 Å². The molecule has 1 aliphatic carbocycles. The molecule has 0 bridgehead atoms. The minimum Gasteiger partial charge on any atom is -0.452 e. The maximum atomic E-state index is 12.9. The van der Waals surface area contributed by atoms with Gasteiger partial charge in [0.25, 0.3) is 5.91 Å². The van der Waals surface area contributed by atoms with E-state index in [9.17, 15) is 9.59 Å². The molecule has 7 heteroatoms. The molecule has 30 heavy (non-hydrogen) atoms. The Morgan fingerprint density at radius 2 is 1.87 bits per heavy atom. The lowest BCUT2D eigenvalue weighted by Crippen LogP contribution is -2.29. The van der Waals surface area contributed by atoms with Gasteiger partial charge in [0.1, 0.15) is 0 Å². The third-order valence-electron chi connectivity index (χ3n) is 5.20. The van der Waals surface area contributed by atoms with Crippen molar-refractivity contribution >= 4 is 46.0 Å². The number of hydrogen-bond donors (Lipinski definition) is 1. The van der Waals surface area contributed by atoms with Crippen molar-refractivity contribution in [1.29, 1.82) is 0 Å². The van der Waals surface area contributed by atoms with Crippen LogP contribution in [0.2, 0.25) is 10.0 Å². The standard InChI is InChI=1S/C23H20Cl2N2O3/c24-15-10-9-14(18(25)11-15)12-26-21(28)13-30-23(29)22-16-5-1-3-7-19(16)27-20-8-4-2-6-17(20)22/h1,3,5,7,9-11H,2,4,6,8,12-13H2,(H,26,28). The van der Waals surface area contributed by atoms with Gasteiger partial charge in [-0.1, -0.05) is 47.5 Å². The highest BCUT2D eigenvalue weighted by molar-refractivity contribution is 6.35. The van der Waals surface area contributed by atoms with Crippen LogP contribution in [0.25, 0.3) is 10.9 Å². The molecule has 1 N–H and O–H groups in total. The summed E-state index contributed by atoms with van der Waals surface area (Å²) in [5.74, 6) is -0.895. The Bertz CT molecular complexity index is 1130. The molecule has 0 fully saturated rings. The number of para-hydroxylation sites is 1. The Hall–Kier alpha value is -2.63. The van der Waals surface area contributed by atoms with Gasteiger partial charge in [0, 0.05) is 27.7 Å². The van der Waals surface area contributed by atoms with Crippen LogP contribution in [-0.4, -0.2) is 23.5 Å². The fourth-order valence-corrected chi connectivity index (χ4v) is 4.19. The first-order valence-corrected chi connectivity index (χ1v) is 10.6. The monoisotopic (exact) mass is 442 g/mol. The molecule has 1 heterocycles. The molecule has 0 saturated heterocycles. The zero-order chi connectivity index (χ0) is 21.1. The summed E-state index contributed by atoms with van der Waals surface area (Å²) in [6.45, 7) is -0.143. The van der Waals surface area contributed by atoms with Gasteiger partial charge < -0.3 is 10.1 Å². The van der Waals surface area contributed by atoms with Gasteiger partial charge in [-0.3, -0.25) is 9.78 Å². The number of amides is 1. The number of aromatic nitrogens is 1. The highest BCUT2D eigenvalue weighted by atomic mass is 35.5. The zero-order valence-corrected chi connectivity index (χ0v) is 17.7. The van der Waals surface area contributed by atoms with Crippen molar-refractivity contribution in [2.75, 3.05) is 6.61 Å². The molecule has 3 aromatic rings. The number of hydrogen-bond acceptors (Lipinski definition) is 4. The fourth-order valence-electron chi connectivity index (χ4n) is 3.72. The van der Waals surface area contributed by atoms with Gasteiger partial charge >= 0.3 is 5.97 Å². The van der Waals surface area contributed by atoms with E-state index in [2.05, 4.69) is 5.32 Å². The van der Waals surface area contributed by atoms with E-state index in [1.54, 1.807) is 18.2 Å². The molecule has 154 valence electrons. The van der Waals surface area contributed by atoms with Crippen molar-refractivity contribution in [2.45, 2.75) is 32.2 Å². The second-order valence-corrected chi connectivity index (χ2v) is 8.07. The number of fused-ring (bicyclic) bond motifs is 2. The molecular formula is C23H20Cl2N2O3. The second-order valence-electron chi connectivity index (χ2n) is 7.22. The number of nitrogens with one attached hydrogen (secondary N) is 1. The van der Waals surface area contributed by atoms with Crippen molar-refractivity contribution in [2.24, 2.45) is 0 Å². The van der Waals surface area contributed by atoms with Crippen molar-refractivity contribution < 1.29 is 14.3 Å². The number of halogens is 2. The molecule has 1 aliphatic rings. The largest absolute Gasteiger partial charge is 0.452 e. The lowest BCUT2D eigenvalue weighted by atomic mass is 9.90. The summed E-state index contributed by atoms with van der Waals surface area (Å²) in [7, 11) is 0. The number of carbonyl (C=O) groups is 2. The number of rotatable bonds is 5. The van der Waals surface area contributed by atoms with E-state index >= 15 is 0 Å². The molecular weight excluding hydrogens is 423 g/mol. The van der Waals surface area contributed by atoms with Crippen LogP contribution in [0.5, 0.6) is 0 Å². The van der Waals surface area contributed by atoms with Crippen LogP contribution >= 0.6 is 23.2 Å².